The molecule has 0 atom stereocenters. The molecule has 0 bridgehead atoms. The molecule has 3 nitrogen and oxygen atoms in total. The summed E-state index contributed by atoms with van der Waals surface area (Å²) in [6.45, 7) is 0. The lowest BCUT2D eigenvalue weighted by atomic mass is 10.1. The molecule has 0 N–H and O–H groups in total. The highest BCUT2D eigenvalue weighted by Gasteiger charge is 2.10. The second-order valence-corrected chi connectivity index (χ2v) is 3.65. The van der Waals surface area contributed by atoms with Crippen molar-refractivity contribution in [2.24, 2.45) is 0 Å². The Labute approximate surface area is 98.8 Å². The van der Waals surface area contributed by atoms with E-state index in [9.17, 15) is 0 Å². The van der Waals surface area contributed by atoms with Gasteiger partial charge in [0, 0.05) is 41.5 Å². The van der Waals surface area contributed by atoms with Gasteiger partial charge in [-0.05, 0) is 24.3 Å². The molecule has 82 valence electrons. The van der Waals surface area contributed by atoms with Crippen LogP contribution in [0.1, 0.15) is 0 Å². The summed E-state index contributed by atoms with van der Waals surface area (Å²) >= 11 is 0. The fourth-order valence-electron chi connectivity index (χ4n) is 1.78. The molecule has 0 aromatic carbocycles. The van der Waals surface area contributed by atoms with Crippen LogP contribution in [0.25, 0.3) is 22.5 Å². The maximum atomic E-state index is 5.54. The number of rotatable bonds is 2. The largest absolute Gasteiger partial charge is 0.464 e. The highest BCUT2D eigenvalue weighted by atomic mass is 16.3. The quantitative estimate of drug-likeness (QED) is 0.667. The standard InChI is InChI=1S/C14H10N2O/c1-3-11(9-15-6-1)13-5-8-17-14(13)12-4-2-7-16-10-12/h1-10H. The van der Waals surface area contributed by atoms with Gasteiger partial charge in [-0.15, -0.1) is 0 Å². The molecule has 0 aliphatic rings. The van der Waals surface area contributed by atoms with E-state index in [1.165, 1.54) is 0 Å². The molecule has 0 aliphatic carbocycles. The Morgan fingerprint density at radius 3 is 2.18 bits per heavy atom. The van der Waals surface area contributed by atoms with Crippen LogP contribution in [0.2, 0.25) is 0 Å². The van der Waals surface area contributed by atoms with Crippen molar-refractivity contribution in [2.45, 2.75) is 0 Å². The summed E-state index contributed by atoms with van der Waals surface area (Å²) < 4.78 is 5.54. The van der Waals surface area contributed by atoms with Crippen LogP contribution in [0.15, 0.2) is 65.8 Å². The van der Waals surface area contributed by atoms with Gasteiger partial charge in [-0.2, -0.15) is 0 Å². The summed E-state index contributed by atoms with van der Waals surface area (Å²) in [5.41, 5.74) is 3.04. The highest BCUT2D eigenvalue weighted by molar-refractivity contribution is 5.78. The first-order valence-electron chi connectivity index (χ1n) is 5.33. The van der Waals surface area contributed by atoms with Gasteiger partial charge in [0.25, 0.3) is 0 Å². The smallest absolute Gasteiger partial charge is 0.143 e. The normalized spacial score (nSPS) is 10.4. The maximum Gasteiger partial charge on any atom is 0.143 e. The second kappa shape index (κ2) is 4.22. The van der Waals surface area contributed by atoms with Gasteiger partial charge >= 0.3 is 0 Å². The van der Waals surface area contributed by atoms with Crippen LogP contribution >= 0.6 is 0 Å². The van der Waals surface area contributed by atoms with Crippen molar-refractivity contribution in [1.82, 2.24) is 9.97 Å². The van der Waals surface area contributed by atoms with Crippen molar-refractivity contribution in [3.63, 3.8) is 0 Å². The maximum absolute atomic E-state index is 5.54. The lowest BCUT2D eigenvalue weighted by Gasteiger charge is -2.01. The molecule has 0 radical (unpaired) electrons. The molecule has 0 fully saturated rings. The van der Waals surface area contributed by atoms with E-state index in [0.29, 0.717) is 0 Å². The van der Waals surface area contributed by atoms with Gasteiger partial charge in [-0.1, -0.05) is 6.07 Å². The summed E-state index contributed by atoms with van der Waals surface area (Å²) in [6, 6.07) is 9.74. The Bertz CT molecular complexity index is 548. The van der Waals surface area contributed by atoms with Gasteiger partial charge in [-0.25, -0.2) is 0 Å². The molecule has 3 aromatic heterocycles. The van der Waals surface area contributed by atoms with Gasteiger partial charge in [0.2, 0.25) is 0 Å². The zero-order chi connectivity index (χ0) is 11.5. The predicted molar refractivity (Wildman–Crippen MR) is 65.2 cm³/mol. The Balaban J connectivity index is 2.13. The Hall–Kier alpha value is -2.42. The third-order valence-electron chi connectivity index (χ3n) is 2.56. The number of hydrogen-bond acceptors (Lipinski definition) is 3. The van der Waals surface area contributed by atoms with Crippen LogP contribution in [0, 0.1) is 0 Å². The minimum Gasteiger partial charge on any atom is -0.464 e. The lowest BCUT2D eigenvalue weighted by Crippen LogP contribution is -1.81. The number of hydrogen-bond donors (Lipinski definition) is 0. The van der Waals surface area contributed by atoms with Crippen molar-refractivity contribution in [1.29, 1.82) is 0 Å². The summed E-state index contributed by atoms with van der Waals surface area (Å²) in [5.74, 6) is 0.825. The zero-order valence-electron chi connectivity index (χ0n) is 9.08. The van der Waals surface area contributed by atoms with Gasteiger partial charge in [0.15, 0.2) is 0 Å². The molecule has 0 spiro atoms. The molecule has 17 heavy (non-hydrogen) atoms. The Morgan fingerprint density at radius 2 is 1.53 bits per heavy atom. The van der Waals surface area contributed by atoms with Crippen LogP contribution in [0.3, 0.4) is 0 Å². The molecule has 0 unspecified atom stereocenters. The first-order chi connectivity index (χ1) is 8.45. The number of aromatic nitrogens is 2. The second-order valence-electron chi connectivity index (χ2n) is 3.65. The third-order valence-corrected chi connectivity index (χ3v) is 2.56. The molecule has 3 heterocycles. The molecule has 3 aromatic rings. The van der Waals surface area contributed by atoms with E-state index in [0.717, 1.165) is 22.5 Å². The Morgan fingerprint density at radius 1 is 0.824 bits per heavy atom. The average molecular weight is 222 g/mol. The molecule has 0 saturated heterocycles. The van der Waals surface area contributed by atoms with Gasteiger partial charge < -0.3 is 4.42 Å². The minimum absolute atomic E-state index is 0.825. The van der Waals surface area contributed by atoms with Crippen molar-refractivity contribution in [2.75, 3.05) is 0 Å². The van der Waals surface area contributed by atoms with Gasteiger partial charge in [0.1, 0.15) is 5.76 Å². The van der Waals surface area contributed by atoms with E-state index in [-0.39, 0.29) is 0 Å². The van der Waals surface area contributed by atoms with Crippen LogP contribution in [-0.2, 0) is 0 Å². The molecular formula is C14H10N2O. The summed E-state index contributed by atoms with van der Waals surface area (Å²) in [5, 5.41) is 0. The van der Waals surface area contributed by atoms with Crippen LogP contribution in [0.4, 0.5) is 0 Å². The molecule has 3 rings (SSSR count). The van der Waals surface area contributed by atoms with Crippen molar-refractivity contribution in [3.05, 3.63) is 61.4 Å². The first-order valence-corrected chi connectivity index (χ1v) is 5.33. The zero-order valence-corrected chi connectivity index (χ0v) is 9.08. The highest BCUT2D eigenvalue weighted by Crippen LogP contribution is 2.31. The SMILES string of the molecule is c1cncc(-c2ccoc2-c2cccnc2)c1. The van der Waals surface area contributed by atoms with E-state index in [4.69, 9.17) is 4.42 Å². The monoisotopic (exact) mass is 222 g/mol. The fraction of sp³-hybridized carbons (Fsp3) is 0. The lowest BCUT2D eigenvalue weighted by molar-refractivity contribution is 0.582. The van der Waals surface area contributed by atoms with Crippen molar-refractivity contribution < 1.29 is 4.42 Å². The predicted octanol–water partition coefficient (Wildman–Crippen LogP) is 3.40. The van der Waals surface area contributed by atoms with Crippen LogP contribution in [0.5, 0.6) is 0 Å². The van der Waals surface area contributed by atoms with Gasteiger partial charge in [-0.3, -0.25) is 9.97 Å². The topological polar surface area (TPSA) is 38.9 Å². The molecular weight excluding hydrogens is 212 g/mol. The van der Waals surface area contributed by atoms with E-state index in [1.807, 2.05) is 36.5 Å². The van der Waals surface area contributed by atoms with Crippen LogP contribution < -0.4 is 0 Å². The fourth-order valence-corrected chi connectivity index (χ4v) is 1.78. The van der Waals surface area contributed by atoms with E-state index in [1.54, 1.807) is 24.9 Å². The number of furan rings is 1. The van der Waals surface area contributed by atoms with Crippen molar-refractivity contribution >= 4 is 0 Å². The summed E-state index contributed by atoms with van der Waals surface area (Å²) in [6.07, 6.45) is 8.80. The average Bonchev–Trinajstić information content (AvgIpc) is 2.90. The minimum atomic E-state index is 0.825. The summed E-state index contributed by atoms with van der Waals surface area (Å²) in [4.78, 5) is 8.22. The molecule has 0 saturated carbocycles. The van der Waals surface area contributed by atoms with E-state index < -0.39 is 0 Å². The van der Waals surface area contributed by atoms with E-state index >= 15 is 0 Å². The third kappa shape index (κ3) is 1.83. The Kier molecular flexibility index (Phi) is 2.43. The van der Waals surface area contributed by atoms with Gasteiger partial charge in [0.05, 0.1) is 6.26 Å². The first kappa shape index (κ1) is 9.78. The summed E-state index contributed by atoms with van der Waals surface area (Å²) in [7, 11) is 0. The number of pyridine rings is 2. The van der Waals surface area contributed by atoms with E-state index in [2.05, 4.69) is 9.97 Å². The van der Waals surface area contributed by atoms with Crippen LogP contribution in [-0.4, -0.2) is 9.97 Å². The van der Waals surface area contributed by atoms with Crippen molar-refractivity contribution in [3.8, 4) is 22.5 Å². The number of nitrogens with zero attached hydrogens (tertiary/aromatic N) is 2. The molecule has 0 aliphatic heterocycles. The molecule has 0 amide bonds. The molecule has 3 heteroatoms.